The Balaban J connectivity index is 1.44. The lowest BCUT2D eigenvalue weighted by molar-refractivity contribution is -0.0315. The predicted molar refractivity (Wildman–Crippen MR) is 164 cm³/mol. The van der Waals surface area contributed by atoms with E-state index >= 15 is 0 Å². The van der Waals surface area contributed by atoms with Gasteiger partial charge in [-0.3, -0.25) is 4.79 Å². The molecule has 1 aromatic carbocycles. The van der Waals surface area contributed by atoms with Crippen LogP contribution in [0, 0.1) is 17.8 Å². The minimum absolute atomic E-state index is 0.0294. The number of aliphatic hydroxyl groups is 1. The summed E-state index contributed by atoms with van der Waals surface area (Å²) in [5.74, 6) is 0.349. The summed E-state index contributed by atoms with van der Waals surface area (Å²) in [5, 5.41) is 11.5. The van der Waals surface area contributed by atoms with Gasteiger partial charge in [-0.05, 0) is 106 Å². The minimum atomic E-state index is -3.97. The van der Waals surface area contributed by atoms with E-state index in [0.717, 1.165) is 37.1 Å². The van der Waals surface area contributed by atoms with Gasteiger partial charge in [-0.1, -0.05) is 36.7 Å². The summed E-state index contributed by atoms with van der Waals surface area (Å²) in [6.07, 6.45) is 8.97. The number of anilines is 1. The second-order valence-corrected chi connectivity index (χ2v) is 15.6. The van der Waals surface area contributed by atoms with Crippen LogP contribution in [0.5, 0.6) is 5.75 Å². The highest BCUT2D eigenvalue weighted by Crippen LogP contribution is 2.47. The monoisotopic (exact) mass is 613 g/mol. The Bertz CT molecular complexity index is 1530. The van der Waals surface area contributed by atoms with E-state index < -0.39 is 26.8 Å². The molecule has 1 saturated carbocycles. The molecule has 2 aliphatic carbocycles. The van der Waals surface area contributed by atoms with Crippen molar-refractivity contribution in [1.29, 1.82) is 0 Å². The number of hydrogen-bond acceptors (Lipinski definition) is 7. The van der Waals surface area contributed by atoms with Gasteiger partial charge in [0.1, 0.15) is 5.69 Å². The lowest BCUT2D eigenvalue weighted by Crippen LogP contribution is -2.51. The first-order valence-electron chi connectivity index (χ1n) is 15.0. The van der Waals surface area contributed by atoms with Crippen LogP contribution >= 0.6 is 11.6 Å². The van der Waals surface area contributed by atoms with Crippen molar-refractivity contribution in [2.45, 2.75) is 75.6 Å². The van der Waals surface area contributed by atoms with Gasteiger partial charge in [-0.15, -0.1) is 0 Å². The third-order valence-electron chi connectivity index (χ3n) is 10.2. The number of carbonyl (C=O) groups is 1. The summed E-state index contributed by atoms with van der Waals surface area (Å²) in [7, 11) is -3.97. The standard InChI is InChI=1S/C32H40ClN3O5S/c1-20-6-4-14-31(3,38)25-10-8-23(25)17-36-18-32(15-5-7-22-16-24(33)9-11-26(22)32)19-41-28-13-12-27(34-29(28)36)30(37)35-42(39,40)21(20)2/h4,9,11-14,16,20-21,23,25,38H,5-8,10,15,17-19H2,1-3H3,(H,35,37)/b14-4+/t20-,21+,23-,25+,31-,32-/m0/s1. The van der Waals surface area contributed by atoms with Crippen molar-refractivity contribution in [3.8, 4) is 5.75 Å². The molecule has 2 N–H and O–H groups in total. The summed E-state index contributed by atoms with van der Waals surface area (Å²) in [5.41, 5.74) is 1.15. The summed E-state index contributed by atoms with van der Waals surface area (Å²) in [6.45, 7) is 7.02. The van der Waals surface area contributed by atoms with E-state index in [-0.39, 0.29) is 28.9 Å². The molecule has 0 saturated heterocycles. The number of nitrogens with zero attached hydrogens (tertiary/aromatic N) is 2. The number of fused-ring (bicyclic) bond motifs is 4. The Morgan fingerprint density at radius 3 is 2.76 bits per heavy atom. The summed E-state index contributed by atoms with van der Waals surface area (Å²) >= 11 is 6.38. The SMILES string of the molecule is C[C@@H]1[C@@H](C)C/C=C/[C@](C)(O)[C@@H]2CC[C@H]2CN2C[C@@]3(CCCc4cc(Cl)ccc43)COc3ccc(nc32)C(=O)NS1(=O)=O. The maximum atomic E-state index is 13.3. The molecular formula is C32H40ClN3O5S. The highest BCUT2D eigenvalue weighted by molar-refractivity contribution is 7.90. The molecule has 42 heavy (non-hydrogen) atoms. The van der Waals surface area contributed by atoms with Gasteiger partial charge >= 0.3 is 0 Å². The fourth-order valence-electron chi connectivity index (χ4n) is 7.36. The van der Waals surface area contributed by atoms with Crippen LogP contribution in [-0.2, 0) is 21.9 Å². The maximum absolute atomic E-state index is 13.3. The topological polar surface area (TPSA) is 109 Å². The van der Waals surface area contributed by atoms with E-state index in [2.05, 4.69) is 21.8 Å². The third-order valence-corrected chi connectivity index (χ3v) is 12.4. The molecule has 3 heterocycles. The van der Waals surface area contributed by atoms with E-state index in [4.69, 9.17) is 21.3 Å². The molecule has 1 aromatic heterocycles. The van der Waals surface area contributed by atoms with E-state index in [1.165, 1.54) is 17.2 Å². The highest BCUT2D eigenvalue weighted by Gasteiger charge is 2.47. The van der Waals surface area contributed by atoms with Gasteiger partial charge in [0.25, 0.3) is 5.91 Å². The number of benzene rings is 1. The minimum Gasteiger partial charge on any atom is -0.489 e. The molecule has 6 atom stereocenters. The number of amides is 1. The number of rotatable bonds is 0. The smallest absolute Gasteiger partial charge is 0.283 e. The number of carbonyl (C=O) groups excluding carboxylic acids is 1. The first kappa shape index (κ1) is 29.5. The van der Waals surface area contributed by atoms with E-state index in [1.54, 1.807) is 13.0 Å². The van der Waals surface area contributed by atoms with Gasteiger partial charge in [-0.2, -0.15) is 0 Å². The number of nitrogens with one attached hydrogen (secondary N) is 1. The number of halogens is 1. The van der Waals surface area contributed by atoms with Gasteiger partial charge < -0.3 is 14.7 Å². The van der Waals surface area contributed by atoms with E-state index in [0.29, 0.717) is 37.7 Å². The first-order chi connectivity index (χ1) is 19.9. The predicted octanol–water partition coefficient (Wildman–Crippen LogP) is 5.03. The molecule has 2 aliphatic heterocycles. The average Bonchev–Trinajstić information content (AvgIpc) is 3.06. The molecule has 2 bridgehead atoms. The fourth-order valence-corrected chi connectivity index (χ4v) is 8.83. The second-order valence-electron chi connectivity index (χ2n) is 13.1. The zero-order chi connectivity index (χ0) is 29.9. The number of aryl methyl sites for hydroxylation is 1. The van der Waals surface area contributed by atoms with Crippen LogP contribution in [0.15, 0.2) is 42.5 Å². The van der Waals surface area contributed by atoms with Crippen molar-refractivity contribution in [2.75, 3.05) is 24.6 Å². The molecule has 2 aromatic rings. The van der Waals surface area contributed by atoms with Crippen molar-refractivity contribution in [3.63, 3.8) is 0 Å². The summed E-state index contributed by atoms with van der Waals surface area (Å²) in [4.78, 5) is 20.2. The second kappa shape index (κ2) is 10.8. The van der Waals surface area contributed by atoms with Crippen LogP contribution in [0.1, 0.15) is 74.5 Å². The van der Waals surface area contributed by atoms with Gasteiger partial charge in [0, 0.05) is 23.5 Å². The quantitative estimate of drug-likeness (QED) is 0.401. The van der Waals surface area contributed by atoms with Crippen LogP contribution < -0.4 is 14.4 Å². The van der Waals surface area contributed by atoms with Crippen molar-refractivity contribution in [1.82, 2.24) is 9.71 Å². The number of aromatic nitrogens is 1. The normalized spacial score (nSPS) is 35.1. The molecule has 1 amide bonds. The lowest BCUT2D eigenvalue weighted by Gasteiger charge is -2.48. The molecule has 0 unspecified atom stereocenters. The molecule has 0 radical (unpaired) electrons. The Kier molecular flexibility index (Phi) is 7.59. The number of ether oxygens (including phenoxy) is 1. The molecule has 1 fully saturated rings. The molecular weight excluding hydrogens is 574 g/mol. The van der Waals surface area contributed by atoms with Crippen molar-refractivity contribution >= 4 is 33.3 Å². The van der Waals surface area contributed by atoms with Gasteiger partial charge in [0.05, 0.1) is 17.5 Å². The summed E-state index contributed by atoms with van der Waals surface area (Å²) in [6, 6.07) is 9.38. The van der Waals surface area contributed by atoms with Crippen molar-refractivity contribution < 1.29 is 23.1 Å². The number of hydrogen-bond donors (Lipinski definition) is 2. The third kappa shape index (κ3) is 5.33. The lowest BCUT2D eigenvalue weighted by atomic mass is 9.64. The Morgan fingerprint density at radius 1 is 1.19 bits per heavy atom. The Labute approximate surface area is 253 Å². The molecule has 4 aliphatic rings. The van der Waals surface area contributed by atoms with Crippen LogP contribution in [0.2, 0.25) is 5.02 Å². The maximum Gasteiger partial charge on any atom is 0.283 e. The number of allylic oxidation sites excluding steroid dienone is 1. The molecule has 1 spiro atoms. The summed E-state index contributed by atoms with van der Waals surface area (Å²) < 4.78 is 35.1. The van der Waals surface area contributed by atoms with Crippen molar-refractivity contribution in [3.05, 3.63) is 64.3 Å². The Morgan fingerprint density at radius 2 is 2.00 bits per heavy atom. The largest absolute Gasteiger partial charge is 0.489 e. The van der Waals surface area contributed by atoms with Crippen LogP contribution in [0.4, 0.5) is 5.82 Å². The van der Waals surface area contributed by atoms with E-state index in [1.807, 2.05) is 32.1 Å². The Hall–Kier alpha value is -2.62. The highest BCUT2D eigenvalue weighted by atomic mass is 35.5. The van der Waals surface area contributed by atoms with Gasteiger partial charge in [0.2, 0.25) is 10.0 Å². The molecule has 6 rings (SSSR count). The average molecular weight is 614 g/mol. The fraction of sp³-hybridized carbons (Fsp3) is 0.562. The first-order valence-corrected chi connectivity index (χ1v) is 16.9. The van der Waals surface area contributed by atoms with Crippen LogP contribution in [0.25, 0.3) is 0 Å². The number of pyridine rings is 1. The van der Waals surface area contributed by atoms with Gasteiger partial charge in [0.15, 0.2) is 11.6 Å². The van der Waals surface area contributed by atoms with Crippen LogP contribution in [-0.4, -0.2) is 55.0 Å². The number of sulfonamides is 1. The molecule has 226 valence electrons. The molecule has 8 nitrogen and oxygen atoms in total. The van der Waals surface area contributed by atoms with Gasteiger partial charge in [-0.25, -0.2) is 18.1 Å². The van der Waals surface area contributed by atoms with Crippen LogP contribution in [0.3, 0.4) is 0 Å². The molecule has 10 heteroatoms. The van der Waals surface area contributed by atoms with Crippen molar-refractivity contribution in [2.24, 2.45) is 17.8 Å². The zero-order valence-electron chi connectivity index (χ0n) is 24.5. The van der Waals surface area contributed by atoms with E-state index in [9.17, 15) is 18.3 Å². The zero-order valence-corrected chi connectivity index (χ0v) is 26.0.